The molecule has 104 valence electrons. The standard InChI is InChI=1S/C8H18.3C3H6/c1-5-6-7-8(2,3)4;3*1-3-2/h5-7H2,1-4H3;3*3H,1H2,2H3. The Kier molecular flexibility index (Phi) is 36.2. The van der Waals surface area contributed by atoms with Crippen LogP contribution in [0.4, 0.5) is 0 Å². The summed E-state index contributed by atoms with van der Waals surface area (Å²) in [7, 11) is 0. The summed E-state index contributed by atoms with van der Waals surface area (Å²) in [5.74, 6) is 0. The van der Waals surface area contributed by atoms with Crippen LogP contribution >= 0.6 is 0 Å². The fourth-order valence-corrected chi connectivity index (χ4v) is 0.707. The first kappa shape index (κ1) is 25.2. The summed E-state index contributed by atoms with van der Waals surface area (Å²) in [5.41, 5.74) is 0.552. The van der Waals surface area contributed by atoms with Crippen molar-refractivity contribution in [3.05, 3.63) is 38.0 Å². The summed E-state index contributed by atoms with van der Waals surface area (Å²) in [6.07, 6.45) is 9.32. The van der Waals surface area contributed by atoms with Crippen molar-refractivity contribution in [2.75, 3.05) is 0 Å². The average Bonchev–Trinajstić information content (AvgIpc) is 2.17. The van der Waals surface area contributed by atoms with E-state index in [-0.39, 0.29) is 0 Å². The SMILES string of the molecule is C=CC.C=CC.C=CC.CCCCC(C)(C)C. The Bertz CT molecular complexity index is 120. The third-order valence-electron chi connectivity index (χ3n) is 1.28. The molecule has 0 nitrogen and oxygen atoms in total. The van der Waals surface area contributed by atoms with E-state index in [0.717, 1.165) is 0 Å². The molecule has 0 unspecified atom stereocenters. The highest BCUT2D eigenvalue weighted by atomic mass is 14.1. The van der Waals surface area contributed by atoms with Crippen LogP contribution < -0.4 is 0 Å². The van der Waals surface area contributed by atoms with Crippen molar-refractivity contribution >= 4 is 0 Å². The molecule has 0 heteroatoms. The van der Waals surface area contributed by atoms with Gasteiger partial charge in [-0.25, -0.2) is 0 Å². The molecule has 0 aliphatic heterocycles. The molecule has 0 aliphatic rings. The van der Waals surface area contributed by atoms with E-state index in [4.69, 9.17) is 0 Å². The molecule has 0 amide bonds. The van der Waals surface area contributed by atoms with E-state index < -0.39 is 0 Å². The second-order valence-electron chi connectivity index (χ2n) is 4.89. The minimum atomic E-state index is 0.552. The molecule has 0 bridgehead atoms. The average molecular weight is 240 g/mol. The van der Waals surface area contributed by atoms with Crippen molar-refractivity contribution in [3.8, 4) is 0 Å². The minimum Gasteiger partial charge on any atom is -0.103 e. The molecule has 17 heavy (non-hydrogen) atoms. The number of hydrogen-bond donors (Lipinski definition) is 0. The van der Waals surface area contributed by atoms with Crippen LogP contribution in [0.5, 0.6) is 0 Å². The Morgan fingerprint density at radius 2 is 1.06 bits per heavy atom. The number of hydrogen-bond acceptors (Lipinski definition) is 0. The predicted octanol–water partition coefficient (Wildman–Crippen LogP) is 6.80. The molecular weight excluding hydrogens is 204 g/mol. The summed E-state index contributed by atoms with van der Waals surface area (Å²) in [6, 6.07) is 0. The Morgan fingerprint density at radius 3 is 1.12 bits per heavy atom. The zero-order chi connectivity index (χ0) is 14.7. The fourth-order valence-electron chi connectivity index (χ4n) is 0.707. The molecule has 0 saturated heterocycles. The third kappa shape index (κ3) is 149. The molecule has 0 fully saturated rings. The van der Waals surface area contributed by atoms with Crippen LogP contribution in [-0.2, 0) is 0 Å². The monoisotopic (exact) mass is 240 g/mol. The molecule has 0 radical (unpaired) electrons. The normalized spacial score (nSPS) is 7.94. The second kappa shape index (κ2) is 24.4. The van der Waals surface area contributed by atoms with Crippen LogP contribution in [0.25, 0.3) is 0 Å². The van der Waals surface area contributed by atoms with Gasteiger partial charge < -0.3 is 0 Å². The summed E-state index contributed by atoms with van der Waals surface area (Å²) in [4.78, 5) is 0. The predicted molar refractivity (Wildman–Crippen MR) is 86.6 cm³/mol. The van der Waals surface area contributed by atoms with Gasteiger partial charge in [0.25, 0.3) is 0 Å². The molecule has 0 aromatic carbocycles. The van der Waals surface area contributed by atoms with Crippen LogP contribution in [0.3, 0.4) is 0 Å². The van der Waals surface area contributed by atoms with Crippen molar-refractivity contribution in [2.45, 2.75) is 67.7 Å². The summed E-state index contributed by atoms with van der Waals surface area (Å²) in [6.45, 7) is 24.9. The first-order valence-corrected chi connectivity index (χ1v) is 6.52. The molecule has 0 heterocycles. The highest BCUT2D eigenvalue weighted by molar-refractivity contribution is 4.59. The third-order valence-corrected chi connectivity index (χ3v) is 1.28. The lowest BCUT2D eigenvalue weighted by Gasteiger charge is -2.16. The maximum atomic E-state index is 3.36. The molecule has 0 aliphatic carbocycles. The van der Waals surface area contributed by atoms with E-state index >= 15 is 0 Å². The molecule has 0 spiro atoms. The quantitative estimate of drug-likeness (QED) is 0.466. The highest BCUT2D eigenvalue weighted by Crippen LogP contribution is 2.20. The lowest BCUT2D eigenvalue weighted by Crippen LogP contribution is -2.03. The van der Waals surface area contributed by atoms with E-state index in [1.165, 1.54) is 19.3 Å². The van der Waals surface area contributed by atoms with Gasteiger partial charge in [-0.1, -0.05) is 58.8 Å². The smallest absolute Gasteiger partial charge is 0.0383 e. The van der Waals surface area contributed by atoms with E-state index in [0.29, 0.717) is 5.41 Å². The van der Waals surface area contributed by atoms with Gasteiger partial charge in [0.15, 0.2) is 0 Å². The maximum absolute atomic E-state index is 3.36. The first-order valence-electron chi connectivity index (χ1n) is 6.52. The minimum absolute atomic E-state index is 0.552. The van der Waals surface area contributed by atoms with E-state index in [9.17, 15) is 0 Å². The van der Waals surface area contributed by atoms with Gasteiger partial charge in [-0.05, 0) is 32.6 Å². The highest BCUT2D eigenvalue weighted by Gasteiger charge is 2.07. The van der Waals surface area contributed by atoms with Gasteiger partial charge >= 0.3 is 0 Å². The largest absolute Gasteiger partial charge is 0.103 e. The van der Waals surface area contributed by atoms with Gasteiger partial charge in [0.1, 0.15) is 0 Å². The lowest BCUT2D eigenvalue weighted by molar-refractivity contribution is 0.363. The number of unbranched alkanes of at least 4 members (excludes halogenated alkanes) is 1. The summed E-state index contributed by atoms with van der Waals surface area (Å²) in [5, 5.41) is 0. The zero-order valence-corrected chi connectivity index (χ0v) is 13.5. The van der Waals surface area contributed by atoms with Crippen LogP contribution in [0.1, 0.15) is 67.7 Å². The van der Waals surface area contributed by atoms with Crippen molar-refractivity contribution < 1.29 is 0 Å². The first-order chi connectivity index (χ1) is 7.80. The van der Waals surface area contributed by atoms with Crippen LogP contribution in [0.2, 0.25) is 0 Å². The Hall–Kier alpha value is -0.780. The van der Waals surface area contributed by atoms with Crippen LogP contribution in [0, 0.1) is 5.41 Å². The number of rotatable bonds is 2. The van der Waals surface area contributed by atoms with Crippen LogP contribution in [-0.4, -0.2) is 0 Å². The van der Waals surface area contributed by atoms with Gasteiger partial charge in [0.2, 0.25) is 0 Å². The van der Waals surface area contributed by atoms with E-state index in [2.05, 4.69) is 47.4 Å². The molecule has 0 aromatic rings. The topological polar surface area (TPSA) is 0 Å². The summed E-state index contributed by atoms with van der Waals surface area (Å²) < 4.78 is 0. The lowest BCUT2D eigenvalue weighted by atomic mass is 9.90. The number of allylic oxidation sites excluding steroid dienone is 3. The van der Waals surface area contributed by atoms with Gasteiger partial charge in [-0.15, -0.1) is 19.7 Å². The van der Waals surface area contributed by atoms with Gasteiger partial charge in [0, 0.05) is 0 Å². The van der Waals surface area contributed by atoms with Crippen molar-refractivity contribution in [1.82, 2.24) is 0 Å². The molecular formula is C17H36. The summed E-state index contributed by atoms with van der Waals surface area (Å²) >= 11 is 0. The Balaban J connectivity index is -0.0000000784. The molecule has 0 rings (SSSR count). The zero-order valence-electron chi connectivity index (χ0n) is 13.5. The molecule has 0 aromatic heterocycles. The van der Waals surface area contributed by atoms with Gasteiger partial charge in [-0.2, -0.15) is 0 Å². The van der Waals surface area contributed by atoms with Gasteiger partial charge in [-0.3, -0.25) is 0 Å². The Morgan fingerprint density at radius 1 is 0.824 bits per heavy atom. The maximum Gasteiger partial charge on any atom is -0.0383 e. The van der Waals surface area contributed by atoms with Crippen molar-refractivity contribution in [2.24, 2.45) is 5.41 Å². The Labute approximate surface area is 112 Å². The van der Waals surface area contributed by atoms with Crippen molar-refractivity contribution in [1.29, 1.82) is 0 Å². The second-order valence-corrected chi connectivity index (χ2v) is 4.89. The van der Waals surface area contributed by atoms with E-state index in [1.54, 1.807) is 18.2 Å². The molecule has 0 saturated carbocycles. The fraction of sp³-hybridized carbons (Fsp3) is 0.647. The van der Waals surface area contributed by atoms with Crippen LogP contribution in [0.15, 0.2) is 38.0 Å². The van der Waals surface area contributed by atoms with E-state index in [1.807, 2.05) is 20.8 Å². The van der Waals surface area contributed by atoms with Crippen molar-refractivity contribution in [3.63, 3.8) is 0 Å². The van der Waals surface area contributed by atoms with Gasteiger partial charge in [0.05, 0.1) is 0 Å². The molecule has 0 atom stereocenters. The molecule has 0 N–H and O–H groups in total.